The van der Waals surface area contributed by atoms with Crippen LogP contribution in [0.25, 0.3) is 10.2 Å². The molecule has 1 aliphatic rings. The van der Waals surface area contributed by atoms with Crippen LogP contribution in [0.3, 0.4) is 0 Å². The minimum Gasteiger partial charge on any atom is -0.485 e. The molecule has 30 heavy (non-hydrogen) atoms. The molecule has 8 heteroatoms. The van der Waals surface area contributed by atoms with E-state index in [9.17, 15) is 4.79 Å². The van der Waals surface area contributed by atoms with E-state index in [4.69, 9.17) is 13.9 Å². The summed E-state index contributed by atoms with van der Waals surface area (Å²) in [6.45, 7) is 2.11. The van der Waals surface area contributed by atoms with Crippen LogP contribution in [0, 0.1) is 6.92 Å². The lowest BCUT2D eigenvalue weighted by Crippen LogP contribution is -2.44. The van der Waals surface area contributed by atoms with Crippen LogP contribution in [-0.2, 0) is 4.79 Å². The molecule has 1 atom stereocenters. The Morgan fingerprint density at radius 1 is 1.20 bits per heavy atom. The van der Waals surface area contributed by atoms with Gasteiger partial charge in [0.25, 0.3) is 5.91 Å². The summed E-state index contributed by atoms with van der Waals surface area (Å²) in [4.78, 5) is 18.0. The number of carbonyl (C=O) groups is 1. The van der Waals surface area contributed by atoms with Crippen molar-refractivity contribution in [1.82, 2.24) is 4.98 Å². The molecular formula is C22H17N3O4S. The number of aryl methyl sites for hydroxylation is 1. The van der Waals surface area contributed by atoms with Crippen molar-refractivity contribution in [3.05, 3.63) is 72.2 Å². The Hall–Kier alpha value is -3.65. The highest BCUT2D eigenvalue weighted by Gasteiger charge is 2.33. The van der Waals surface area contributed by atoms with Crippen molar-refractivity contribution in [1.29, 1.82) is 0 Å². The number of fused-ring (bicyclic) bond motifs is 2. The zero-order chi connectivity index (χ0) is 20.5. The molecular weight excluding hydrogens is 402 g/mol. The molecule has 0 fully saturated rings. The molecule has 7 nitrogen and oxygen atoms in total. The zero-order valence-electron chi connectivity index (χ0n) is 16.0. The SMILES string of the molecule is Cc1ccc2nc(N(/N=C/c3ccco3)C(=O)C3COc4ccccc4O3)sc2c1. The smallest absolute Gasteiger partial charge is 0.294 e. The fraction of sp³-hybridized carbons (Fsp3) is 0.136. The van der Waals surface area contributed by atoms with Gasteiger partial charge in [0.05, 0.1) is 22.7 Å². The Bertz CT molecular complexity index is 1230. The molecule has 3 heterocycles. The number of amides is 1. The lowest BCUT2D eigenvalue weighted by atomic mass is 10.2. The van der Waals surface area contributed by atoms with Crippen LogP contribution in [0.4, 0.5) is 5.13 Å². The van der Waals surface area contributed by atoms with Gasteiger partial charge < -0.3 is 13.9 Å². The fourth-order valence-electron chi connectivity index (χ4n) is 3.07. The molecule has 0 saturated carbocycles. The molecule has 0 aliphatic carbocycles. The number of furan rings is 1. The fourth-order valence-corrected chi connectivity index (χ4v) is 4.10. The number of nitrogens with zero attached hydrogens (tertiary/aromatic N) is 3. The highest BCUT2D eigenvalue weighted by atomic mass is 32.1. The third kappa shape index (κ3) is 3.53. The van der Waals surface area contributed by atoms with Crippen LogP contribution in [0.5, 0.6) is 11.5 Å². The van der Waals surface area contributed by atoms with Gasteiger partial charge in [-0.25, -0.2) is 4.98 Å². The van der Waals surface area contributed by atoms with Gasteiger partial charge in [0.1, 0.15) is 12.4 Å². The van der Waals surface area contributed by atoms with Gasteiger partial charge in [0.15, 0.2) is 11.5 Å². The normalized spacial score (nSPS) is 15.6. The second kappa shape index (κ2) is 7.64. The summed E-state index contributed by atoms with van der Waals surface area (Å²) in [5, 5.41) is 6.07. The Morgan fingerprint density at radius 2 is 2.07 bits per heavy atom. The van der Waals surface area contributed by atoms with Crippen molar-refractivity contribution in [3.8, 4) is 11.5 Å². The molecule has 0 spiro atoms. The summed E-state index contributed by atoms with van der Waals surface area (Å²) in [6.07, 6.45) is 2.18. The van der Waals surface area contributed by atoms with Crippen LogP contribution in [0.15, 0.2) is 70.4 Å². The molecule has 0 radical (unpaired) electrons. The summed E-state index contributed by atoms with van der Waals surface area (Å²) in [5.41, 5.74) is 1.92. The number of hydrogen-bond acceptors (Lipinski definition) is 7. The molecule has 5 rings (SSSR count). The average molecular weight is 419 g/mol. The van der Waals surface area contributed by atoms with E-state index in [-0.39, 0.29) is 12.5 Å². The highest BCUT2D eigenvalue weighted by Crippen LogP contribution is 2.34. The predicted octanol–water partition coefficient (Wildman–Crippen LogP) is 4.40. The third-order valence-electron chi connectivity index (χ3n) is 4.55. The zero-order valence-corrected chi connectivity index (χ0v) is 16.8. The molecule has 150 valence electrons. The molecule has 0 N–H and O–H groups in total. The first kappa shape index (κ1) is 18.4. The first-order chi connectivity index (χ1) is 14.7. The molecule has 0 saturated heterocycles. The quantitative estimate of drug-likeness (QED) is 0.362. The summed E-state index contributed by atoms with van der Waals surface area (Å²) < 4.78 is 17.9. The topological polar surface area (TPSA) is 77.2 Å². The summed E-state index contributed by atoms with van der Waals surface area (Å²) in [5.74, 6) is 1.29. The number of ether oxygens (including phenoxy) is 2. The van der Waals surface area contributed by atoms with E-state index in [1.165, 1.54) is 22.6 Å². The molecule has 1 amide bonds. The lowest BCUT2D eigenvalue weighted by molar-refractivity contribution is -0.127. The van der Waals surface area contributed by atoms with Gasteiger partial charge in [-0.05, 0) is 48.9 Å². The minimum absolute atomic E-state index is 0.0899. The van der Waals surface area contributed by atoms with Crippen molar-refractivity contribution in [2.45, 2.75) is 13.0 Å². The van der Waals surface area contributed by atoms with E-state index < -0.39 is 6.10 Å². The summed E-state index contributed by atoms with van der Waals surface area (Å²) >= 11 is 1.39. The third-order valence-corrected chi connectivity index (χ3v) is 5.54. The number of benzene rings is 2. The number of para-hydroxylation sites is 2. The van der Waals surface area contributed by atoms with Gasteiger partial charge in [-0.2, -0.15) is 10.1 Å². The van der Waals surface area contributed by atoms with E-state index in [0.29, 0.717) is 22.4 Å². The monoisotopic (exact) mass is 419 g/mol. The van der Waals surface area contributed by atoms with E-state index in [2.05, 4.69) is 10.1 Å². The maximum absolute atomic E-state index is 13.4. The molecule has 4 aromatic rings. The van der Waals surface area contributed by atoms with Gasteiger partial charge in [0, 0.05) is 0 Å². The van der Waals surface area contributed by atoms with Gasteiger partial charge in [0.2, 0.25) is 11.2 Å². The van der Waals surface area contributed by atoms with Crippen molar-refractivity contribution in [2.24, 2.45) is 5.10 Å². The highest BCUT2D eigenvalue weighted by molar-refractivity contribution is 7.22. The maximum atomic E-state index is 13.4. The van der Waals surface area contributed by atoms with Gasteiger partial charge >= 0.3 is 0 Å². The summed E-state index contributed by atoms with van der Waals surface area (Å²) in [6, 6.07) is 16.7. The lowest BCUT2D eigenvalue weighted by Gasteiger charge is -2.27. The molecule has 2 aromatic carbocycles. The largest absolute Gasteiger partial charge is 0.485 e. The molecule has 1 aliphatic heterocycles. The van der Waals surface area contributed by atoms with Crippen LogP contribution in [0.1, 0.15) is 11.3 Å². The summed E-state index contributed by atoms with van der Waals surface area (Å²) in [7, 11) is 0. The number of anilines is 1. The Labute approximate surface area is 176 Å². The van der Waals surface area contributed by atoms with Crippen LogP contribution >= 0.6 is 11.3 Å². The van der Waals surface area contributed by atoms with E-state index >= 15 is 0 Å². The van der Waals surface area contributed by atoms with Crippen LogP contribution in [-0.4, -0.2) is 29.8 Å². The van der Waals surface area contributed by atoms with Crippen molar-refractivity contribution >= 4 is 38.8 Å². The maximum Gasteiger partial charge on any atom is 0.294 e. The molecule has 1 unspecified atom stereocenters. The van der Waals surface area contributed by atoms with Crippen LogP contribution in [0.2, 0.25) is 0 Å². The van der Waals surface area contributed by atoms with Gasteiger partial charge in [-0.15, -0.1) is 0 Å². The van der Waals surface area contributed by atoms with Crippen molar-refractivity contribution in [2.75, 3.05) is 11.6 Å². The Morgan fingerprint density at radius 3 is 2.90 bits per heavy atom. The van der Waals surface area contributed by atoms with Crippen molar-refractivity contribution in [3.63, 3.8) is 0 Å². The number of hydrogen-bond donors (Lipinski definition) is 0. The number of aromatic nitrogens is 1. The first-order valence-corrected chi connectivity index (χ1v) is 10.2. The first-order valence-electron chi connectivity index (χ1n) is 9.34. The minimum atomic E-state index is -0.845. The van der Waals surface area contributed by atoms with E-state index in [0.717, 1.165) is 15.8 Å². The number of carbonyl (C=O) groups excluding carboxylic acids is 1. The second-order valence-electron chi connectivity index (χ2n) is 6.74. The predicted molar refractivity (Wildman–Crippen MR) is 114 cm³/mol. The van der Waals surface area contributed by atoms with Gasteiger partial charge in [-0.1, -0.05) is 29.5 Å². The second-order valence-corrected chi connectivity index (χ2v) is 7.75. The van der Waals surface area contributed by atoms with E-state index in [1.54, 1.807) is 30.5 Å². The van der Waals surface area contributed by atoms with Crippen LogP contribution < -0.4 is 14.5 Å². The van der Waals surface area contributed by atoms with Crippen molar-refractivity contribution < 1.29 is 18.7 Å². The standard InChI is InChI=1S/C22H17N3O4S/c1-14-8-9-16-20(11-14)30-22(24-16)25(23-12-15-5-4-10-27-15)21(26)19-13-28-17-6-2-3-7-18(17)29-19/h2-12,19H,13H2,1H3/b23-12+. The molecule has 0 bridgehead atoms. The Balaban J connectivity index is 1.49. The van der Waals surface area contributed by atoms with E-state index in [1.807, 2.05) is 37.3 Å². The Kier molecular flexibility index (Phi) is 4.68. The number of hydrazone groups is 1. The van der Waals surface area contributed by atoms with Gasteiger partial charge in [-0.3, -0.25) is 4.79 Å². The molecule has 2 aromatic heterocycles. The average Bonchev–Trinajstić information content (AvgIpc) is 3.43. The number of thiazole rings is 1. The number of rotatable bonds is 4.